The lowest BCUT2D eigenvalue weighted by Gasteiger charge is -2.48. The molecule has 6 heterocycles. The summed E-state index contributed by atoms with van der Waals surface area (Å²) in [4.78, 5) is 21.7. The van der Waals surface area contributed by atoms with Crippen molar-refractivity contribution in [1.29, 1.82) is 5.26 Å². The molecule has 41 heavy (non-hydrogen) atoms. The number of fused-ring (bicyclic) bond motifs is 3. The Morgan fingerprint density at radius 3 is 2.83 bits per heavy atom. The summed E-state index contributed by atoms with van der Waals surface area (Å²) in [5, 5.41) is 10.4. The third kappa shape index (κ3) is 4.18. The van der Waals surface area contributed by atoms with E-state index >= 15 is 0 Å². The molecule has 1 aliphatic carbocycles. The molecule has 0 radical (unpaired) electrons. The van der Waals surface area contributed by atoms with Gasteiger partial charge in [0, 0.05) is 43.4 Å². The van der Waals surface area contributed by atoms with Crippen LogP contribution in [0, 0.1) is 11.3 Å². The Hall–Kier alpha value is -3.35. The molecule has 0 amide bonds. The summed E-state index contributed by atoms with van der Waals surface area (Å²) in [7, 11) is 1.88. The average Bonchev–Trinajstić information content (AvgIpc) is 3.72. The van der Waals surface area contributed by atoms with Crippen molar-refractivity contribution < 1.29 is 9.13 Å². The SMILES string of the molecule is CC(c1nsnc1N)N(C)c1nc(OC[C@@]23CCCN2CC(F)C3)nc(N2CC3(CCc4sc(N)c(C#N)c43)C2)n1. The third-order valence-corrected chi connectivity index (χ3v) is 11.0. The van der Waals surface area contributed by atoms with Gasteiger partial charge in [0.15, 0.2) is 5.82 Å². The van der Waals surface area contributed by atoms with Crippen molar-refractivity contribution in [2.75, 3.05) is 61.1 Å². The fourth-order valence-electron chi connectivity index (χ4n) is 7.16. The minimum absolute atomic E-state index is 0.133. The summed E-state index contributed by atoms with van der Waals surface area (Å²) < 4.78 is 29.1. The number of hydrogen-bond donors (Lipinski definition) is 2. The maximum Gasteiger partial charge on any atom is 0.323 e. The van der Waals surface area contributed by atoms with Gasteiger partial charge in [-0.2, -0.15) is 29.0 Å². The first-order valence-electron chi connectivity index (χ1n) is 13.9. The topological polar surface area (TPSA) is 159 Å². The summed E-state index contributed by atoms with van der Waals surface area (Å²) >= 11 is 2.60. The van der Waals surface area contributed by atoms with Gasteiger partial charge in [0.1, 0.15) is 29.5 Å². The van der Waals surface area contributed by atoms with Gasteiger partial charge in [0.25, 0.3) is 0 Å². The smallest absolute Gasteiger partial charge is 0.323 e. The summed E-state index contributed by atoms with van der Waals surface area (Å²) in [6.45, 7) is 4.99. The van der Waals surface area contributed by atoms with Crippen LogP contribution in [0.2, 0.25) is 0 Å². The van der Waals surface area contributed by atoms with Crippen LogP contribution in [-0.4, -0.2) is 80.1 Å². The maximum absolute atomic E-state index is 14.4. The molecule has 0 aromatic carbocycles. The lowest BCUT2D eigenvalue weighted by atomic mass is 9.74. The van der Waals surface area contributed by atoms with Gasteiger partial charge in [-0.25, -0.2) is 4.39 Å². The molecule has 0 saturated carbocycles. The Labute approximate surface area is 245 Å². The normalized spacial score (nSPS) is 25.1. The number of nitriles is 1. The van der Waals surface area contributed by atoms with E-state index in [0.717, 1.165) is 49.5 Å². The quantitative estimate of drug-likeness (QED) is 0.411. The van der Waals surface area contributed by atoms with E-state index < -0.39 is 6.17 Å². The second kappa shape index (κ2) is 9.60. The number of hydrogen-bond acceptors (Lipinski definition) is 14. The lowest BCUT2D eigenvalue weighted by Crippen LogP contribution is -2.59. The average molecular weight is 598 g/mol. The predicted octanol–water partition coefficient (Wildman–Crippen LogP) is 2.68. The zero-order chi connectivity index (χ0) is 28.5. The Morgan fingerprint density at radius 2 is 2.07 bits per heavy atom. The van der Waals surface area contributed by atoms with Crippen LogP contribution in [0.25, 0.3) is 0 Å². The molecule has 7 rings (SSSR count). The first kappa shape index (κ1) is 26.5. The minimum Gasteiger partial charge on any atom is -0.461 e. The molecule has 4 aliphatic rings. The number of rotatable bonds is 7. The first-order chi connectivity index (χ1) is 19.7. The molecule has 12 nitrogen and oxygen atoms in total. The second-order valence-electron chi connectivity index (χ2n) is 11.8. The number of ether oxygens (including phenoxy) is 1. The van der Waals surface area contributed by atoms with Crippen molar-refractivity contribution in [1.82, 2.24) is 28.6 Å². The number of aromatic nitrogens is 5. The largest absolute Gasteiger partial charge is 0.461 e. The van der Waals surface area contributed by atoms with E-state index in [-0.39, 0.29) is 23.0 Å². The highest BCUT2D eigenvalue weighted by Gasteiger charge is 2.52. The van der Waals surface area contributed by atoms with E-state index in [4.69, 9.17) is 26.2 Å². The van der Waals surface area contributed by atoms with Crippen LogP contribution < -0.4 is 26.0 Å². The van der Waals surface area contributed by atoms with E-state index in [1.165, 1.54) is 16.2 Å². The zero-order valence-electron chi connectivity index (χ0n) is 23.0. The molecule has 15 heteroatoms. The molecule has 1 spiro atoms. The van der Waals surface area contributed by atoms with Crippen molar-refractivity contribution in [2.45, 2.75) is 62.2 Å². The fourth-order valence-corrected chi connectivity index (χ4v) is 8.86. The minimum atomic E-state index is -0.842. The molecule has 0 bridgehead atoms. The molecule has 4 N–H and O–H groups in total. The van der Waals surface area contributed by atoms with Crippen molar-refractivity contribution in [3.05, 3.63) is 21.7 Å². The second-order valence-corrected chi connectivity index (χ2v) is 13.5. The molecule has 2 unspecified atom stereocenters. The van der Waals surface area contributed by atoms with E-state index in [9.17, 15) is 9.65 Å². The van der Waals surface area contributed by atoms with E-state index in [2.05, 4.69) is 29.6 Å². The monoisotopic (exact) mass is 597 g/mol. The van der Waals surface area contributed by atoms with Crippen molar-refractivity contribution in [3.63, 3.8) is 0 Å². The van der Waals surface area contributed by atoms with Gasteiger partial charge in [-0.3, -0.25) is 4.90 Å². The van der Waals surface area contributed by atoms with Crippen molar-refractivity contribution in [3.8, 4) is 12.1 Å². The molecule has 216 valence electrons. The van der Waals surface area contributed by atoms with Gasteiger partial charge < -0.3 is 26.0 Å². The Bertz CT molecular complexity index is 1530. The number of anilines is 4. The van der Waals surface area contributed by atoms with Crippen LogP contribution in [0.3, 0.4) is 0 Å². The lowest BCUT2D eigenvalue weighted by molar-refractivity contribution is 0.107. The van der Waals surface area contributed by atoms with Crippen LogP contribution in [0.1, 0.15) is 60.3 Å². The third-order valence-electron chi connectivity index (χ3n) is 9.41. The summed E-state index contributed by atoms with van der Waals surface area (Å²) in [5.41, 5.74) is 14.2. The van der Waals surface area contributed by atoms with E-state index in [1.807, 2.05) is 18.9 Å². The van der Waals surface area contributed by atoms with Gasteiger partial charge in [-0.15, -0.1) is 11.3 Å². The number of halogens is 1. The summed E-state index contributed by atoms with van der Waals surface area (Å²) in [5.74, 6) is 1.31. The highest BCUT2D eigenvalue weighted by atomic mass is 32.1. The highest BCUT2D eigenvalue weighted by Crippen LogP contribution is 2.52. The van der Waals surface area contributed by atoms with Crippen molar-refractivity contribution in [2.24, 2.45) is 0 Å². The first-order valence-corrected chi connectivity index (χ1v) is 15.4. The Balaban J connectivity index is 1.18. The zero-order valence-corrected chi connectivity index (χ0v) is 24.6. The number of nitrogens with two attached hydrogens (primary N) is 2. The Kier molecular flexibility index (Phi) is 6.22. The van der Waals surface area contributed by atoms with Crippen LogP contribution >= 0.6 is 23.1 Å². The number of alkyl halides is 1. The van der Waals surface area contributed by atoms with Crippen LogP contribution in [0.5, 0.6) is 6.01 Å². The van der Waals surface area contributed by atoms with Gasteiger partial charge >= 0.3 is 6.01 Å². The van der Waals surface area contributed by atoms with Crippen molar-refractivity contribution >= 4 is 45.8 Å². The molecular weight excluding hydrogens is 565 g/mol. The predicted molar refractivity (Wildman–Crippen MR) is 155 cm³/mol. The molecular formula is C26H32FN11OS2. The Morgan fingerprint density at radius 1 is 1.24 bits per heavy atom. The standard InChI is InChI=1S/C26H32FN11OS2/c1-14(19-20(29)35-41-34-19)36(2)22-31-23(33-24(32-22)39-13-26-5-3-7-38(26)10-15(27)8-26)37-11-25(12-37)6-4-17-18(25)16(9-28)21(30)40-17/h14-15H,3-8,10-13,30H2,1-2H3,(H2,29,35)/t14?,15?,26-/m0/s1. The van der Waals surface area contributed by atoms with Gasteiger partial charge in [0.05, 0.1) is 28.9 Å². The number of aryl methyl sites for hydroxylation is 1. The van der Waals surface area contributed by atoms with Crippen LogP contribution in [0.15, 0.2) is 0 Å². The van der Waals surface area contributed by atoms with Gasteiger partial charge in [-0.05, 0) is 44.7 Å². The summed E-state index contributed by atoms with van der Waals surface area (Å²) in [6, 6.07) is 2.30. The molecule has 3 saturated heterocycles. The molecule has 3 fully saturated rings. The molecule has 3 aromatic rings. The number of nitrogens with zero attached hydrogens (tertiary/aromatic N) is 9. The van der Waals surface area contributed by atoms with Crippen LogP contribution in [-0.2, 0) is 11.8 Å². The van der Waals surface area contributed by atoms with E-state index in [0.29, 0.717) is 66.6 Å². The molecule has 3 aromatic heterocycles. The number of thiophene rings is 1. The van der Waals surface area contributed by atoms with Gasteiger partial charge in [0.2, 0.25) is 11.9 Å². The maximum atomic E-state index is 14.4. The van der Waals surface area contributed by atoms with Gasteiger partial charge in [-0.1, -0.05) is 0 Å². The molecule has 3 aliphatic heterocycles. The fraction of sp³-hybridized carbons (Fsp3) is 0.615. The summed E-state index contributed by atoms with van der Waals surface area (Å²) in [6.07, 6.45) is 3.44. The van der Waals surface area contributed by atoms with Crippen LogP contribution in [0.4, 0.5) is 27.1 Å². The molecule has 3 atom stereocenters. The highest BCUT2D eigenvalue weighted by molar-refractivity contribution is 7.16. The van der Waals surface area contributed by atoms with E-state index in [1.54, 1.807) is 0 Å². The number of nitrogen functional groups attached to an aromatic ring is 2.